The number of aromatic nitrogens is 1. The molecule has 0 bridgehead atoms. The number of rotatable bonds is 5. The van der Waals surface area contributed by atoms with Gasteiger partial charge in [-0.25, -0.2) is 4.79 Å². The summed E-state index contributed by atoms with van der Waals surface area (Å²) in [5, 5.41) is 0. The van der Waals surface area contributed by atoms with Crippen molar-refractivity contribution in [2.24, 2.45) is 0 Å². The summed E-state index contributed by atoms with van der Waals surface area (Å²) in [7, 11) is 1.23. The molecule has 1 aliphatic carbocycles. The molecule has 3 aromatic rings. The molecule has 1 spiro atoms. The van der Waals surface area contributed by atoms with Gasteiger partial charge in [0.2, 0.25) is 5.91 Å². The lowest BCUT2D eigenvalue weighted by Gasteiger charge is -2.26. The molecule has 172 valence electrons. The average molecular weight is 459 g/mol. The van der Waals surface area contributed by atoms with Gasteiger partial charge >= 0.3 is 11.9 Å². The molecule has 0 saturated carbocycles. The molecular formula is C25H21N3O6. The zero-order valence-electron chi connectivity index (χ0n) is 18.5. The van der Waals surface area contributed by atoms with E-state index in [1.54, 1.807) is 55.5 Å². The third kappa shape index (κ3) is 2.79. The highest BCUT2D eigenvalue weighted by Gasteiger charge is 2.64. The third-order valence-electron chi connectivity index (χ3n) is 6.06. The second kappa shape index (κ2) is 7.87. The highest BCUT2D eigenvalue weighted by Crippen LogP contribution is 2.59. The molecule has 1 aliphatic heterocycles. The Hall–Kier alpha value is -4.40. The number of amides is 1. The van der Waals surface area contributed by atoms with Gasteiger partial charge in [0.25, 0.3) is 6.01 Å². The van der Waals surface area contributed by atoms with Crippen LogP contribution in [0.25, 0.3) is 17.0 Å². The van der Waals surface area contributed by atoms with Crippen molar-refractivity contribution in [3.63, 3.8) is 0 Å². The van der Waals surface area contributed by atoms with E-state index in [4.69, 9.17) is 19.6 Å². The van der Waals surface area contributed by atoms with Crippen molar-refractivity contribution >= 4 is 29.6 Å². The monoisotopic (exact) mass is 459 g/mol. The molecule has 1 aromatic heterocycles. The summed E-state index contributed by atoms with van der Waals surface area (Å²) >= 11 is 0. The summed E-state index contributed by atoms with van der Waals surface area (Å²) in [5.74, 6) is -1.59. The summed E-state index contributed by atoms with van der Waals surface area (Å²) in [6, 6.07) is 15.8. The first-order chi connectivity index (χ1) is 16.4. The number of methoxy groups -OCH3 is 1. The highest BCUT2D eigenvalue weighted by atomic mass is 16.5. The maximum Gasteiger partial charge on any atom is 0.338 e. The molecule has 2 N–H and O–H groups in total. The summed E-state index contributed by atoms with van der Waals surface area (Å²) in [6.07, 6.45) is 0. The molecule has 2 aliphatic rings. The number of carbonyl (C=O) groups is 3. The minimum atomic E-state index is -1.70. The van der Waals surface area contributed by atoms with Gasteiger partial charge < -0.3 is 19.6 Å². The van der Waals surface area contributed by atoms with Crippen LogP contribution in [-0.4, -0.2) is 48.0 Å². The number of anilines is 1. The van der Waals surface area contributed by atoms with E-state index in [2.05, 4.69) is 4.98 Å². The van der Waals surface area contributed by atoms with Crippen molar-refractivity contribution in [2.75, 3.05) is 26.0 Å². The van der Waals surface area contributed by atoms with Crippen molar-refractivity contribution in [3.05, 3.63) is 77.0 Å². The third-order valence-corrected chi connectivity index (χ3v) is 6.06. The summed E-state index contributed by atoms with van der Waals surface area (Å²) in [4.78, 5) is 46.0. The molecule has 0 radical (unpaired) electrons. The number of fused-ring (bicyclic) bond motifs is 5. The van der Waals surface area contributed by atoms with Gasteiger partial charge in [-0.3, -0.25) is 14.5 Å². The highest BCUT2D eigenvalue weighted by molar-refractivity contribution is 6.21. The van der Waals surface area contributed by atoms with E-state index in [1.165, 1.54) is 12.0 Å². The van der Waals surface area contributed by atoms with Crippen molar-refractivity contribution in [3.8, 4) is 11.3 Å². The van der Waals surface area contributed by atoms with Crippen LogP contribution in [-0.2, 0) is 29.3 Å². The van der Waals surface area contributed by atoms with Crippen LogP contribution in [0, 0.1) is 0 Å². The first-order valence-corrected chi connectivity index (χ1v) is 10.7. The molecule has 9 heteroatoms. The molecule has 2 heterocycles. The maximum absolute atomic E-state index is 14.4. The topological polar surface area (TPSA) is 125 Å². The number of nitrogen functional groups attached to an aromatic ring is 1. The van der Waals surface area contributed by atoms with Crippen LogP contribution in [0.15, 0.2) is 64.6 Å². The van der Waals surface area contributed by atoms with Gasteiger partial charge in [-0.2, -0.15) is 4.98 Å². The van der Waals surface area contributed by atoms with E-state index in [1.807, 2.05) is 6.07 Å². The lowest BCUT2D eigenvalue weighted by molar-refractivity contribution is -0.145. The molecule has 1 atom stereocenters. The SMILES string of the molecule is CCOC(=O)C1=C(c2ccccc2)N(CC(=O)OC)C(=O)C12c1ccccc1-c1oc(N)nc12. The van der Waals surface area contributed by atoms with Crippen LogP contribution in [0.5, 0.6) is 0 Å². The van der Waals surface area contributed by atoms with Gasteiger partial charge in [0.15, 0.2) is 11.2 Å². The van der Waals surface area contributed by atoms with E-state index >= 15 is 0 Å². The molecule has 9 nitrogen and oxygen atoms in total. The predicted molar refractivity (Wildman–Crippen MR) is 121 cm³/mol. The van der Waals surface area contributed by atoms with Crippen LogP contribution in [0.3, 0.4) is 0 Å². The predicted octanol–water partition coefficient (Wildman–Crippen LogP) is 2.51. The van der Waals surface area contributed by atoms with Crippen molar-refractivity contribution < 1.29 is 28.3 Å². The fourth-order valence-corrected chi connectivity index (χ4v) is 4.80. The lowest BCUT2D eigenvalue weighted by Crippen LogP contribution is -2.43. The number of carbonyl (C=O) groups excluding carboxylic acids is 3. The number of hydrogen-bond acceptors (Lipinski definition) is 8. The molecule has 2 aromatic carbocycles. The van der Waals surface area contributed by atoms with Crippen LogP contribution < -0.4 is 5.73 Å². The number of nitrogens with zero attached hydrogens (tertiary/aromatic N) is 2. The first-order valence-electron chi connectivity index (χ1n) is 10.7. The van der Waals surface area contributed by atoms with E-state index in [-0.39, 0.29) is 29.6 Å². The van der Waals surface area contributed by atoms with Crippen LogP contribution in [0.4, 0.5) is 6.01 Å². The number of ether oxygens (including phenoxy) is 2. The van der Waals surface area contributed by atoms with E-state index in [0.717, 1.165) is 0 Å². The Morgan fingerprint density at radius 1 is 1.12 bits per heavy atom. The molecule has 34 heavy (non-hydrogen) atoms. The number of esters is 2. The van der Waals surface area contributed by atoms with Crippen molar-refractivity contribution in [1.82, 2.24) is 9.88 Å². The standard InChI is InChI=1S/C25H21N3O6/c1-3-33-22(30)18-19(14-9-5-4-6-10-14)28(13-17(29)32-2)23(31)25(18)16-12-8-7-11-15(16)20-21(25)27-24(26)34-20/h4-12H,3,13H2,1-2H3,(H2,26,27). The zero-order chi connectivity index (χ0) is 24.0. The van der Waals surface area contributed by atoms with Crippen LogP contribution >= 0.6 is 0 Å². The van der Waals surface area contributed by atoms with Crippen LogP contribution in [0.2, 0.25) is 0 Å². The summed E-state index contributed by atoms with van der Waals surface area (Å²) < 4.78 is 16.0. The maximum atomic E-state index is 14.4. The minimum Gasteiger partial charge on any atom is -0.468 e. The molecule has 1 amide bonds. The van der Waals surface area contributed by atoms with Gasteiger partial charge in [-0.15, -0.1) is 0 Å². The Balaban J connectivity index is 1.91. The molecule has 1 unspecified atom stereocenters. The fraction of sp³-hybridized carbons (Fsp3) is 0.200. The van der Waals surface area contributed by atoms with E-state index in [0.29, 0.717) is 22.5 Å². The Kier molecular flexibility index (Phi) is 4.97. The van der Waals surface area contributed by atoms with Gasteiger partial charge in [0.1, 0.15) is 12.2 Å². The Labute approximate surface area is 194 Å². The Morgan fingerprint density at radius 3 is 2.53 bits per heavy atom. The molecule has 0 saturated heterocycles. The lowest BCUT2D eigenvalue weighted by atomic mass is 9.74. The summed E-state index contributed by atoms with van der Waals surface area (Å²) in [5.41, 5.74) is 6.34. The van der Waals surface area contributed by atoms with Crippen LogP contribution in [0.1, 0.15) is 23.7 Å². The van der Waals surface area contributed by atoms with Gasteiger partial charge in [0, 0.05) is 5.56 Å². The molecule has 0 fully saturated rings. The number of benzene rings is 2. The second-order valence-electron chi connectivity index (χ2n) is 7.80. The molecule has 5 rings (SSSR count). The number of hydrogen-bond donors (Lipinski definition) is 1. The van der Waals surface area contributed by atoms with Gasteiger partial charge in [-0.1, -0.05) is 54.6 Å². The fourth-order valence-electron chi connectivity index (χ4n) is 4.80. The smallest absolute Gasteiger partial charge is 0.338 e. The average Bonchev–Trinajstić information content (AvgIpc) is 3.44. The second-order valence-corrected chi connectivity index (χ2v) is 7.80. The van der Waals surface area contributed by atoms with E-state index < -0.39 is 29.8 Å². The largest absolute Gasteiger partial charge is 0.468 e. The number of nitrogens with two attached hydrogens (primary N) is 1. The van der Waals surface area contributed by atoms with E-state index in [9.17, 15) is 14.4 Å². The van der Waals surface area contributed by atoms with Crippen molar-refractivity contribution in [1.29, 1.82) is 0 Å². The number of oxazole rings is 1. The van der Waals surface area contributed by atoms with Crippen molar-refractivity contribution in [2.45, 2.75) is 12.3 Å². The van der Waals surface area contributed by atoms with Gasteiger partial charge in [-0.05, 0) is 18.1 Å². The molecular weight excluding hydrogens is 438 g/mol. The summed E-state index contributed by atoms with van der Waals surface area (Å²) in [6.45, 7) is 1.36. The van der Waals surface area contributed by atoms with Gasteiger partial charge in [0.05, 0.1) is 25.0 Å². The first kappa shape index (κ1) is 21.4. The quantitative estimate of drug-likeness (QED) is 0.577. The minimum absolute atomic E-state index is 0.0500. The normalized spacial score (nSPS) is 18.3. The Morgan fingerprint density at radius 2 is 1.82 bits per heavy atom. The zero-order valence-corrected chi connectivity index (χ0v) is 18.5. The Bertz CT molecular complexity index is 1360.